The number of aromatic nitrogens is 3. The third kappa shape index (κ3) is 6.57. The fraction of sp³-hybridized carbons (Fsp3) is 0.436. The van der Waals surface area contributed by atoms with Crippen molar-refractivity contribution in [1.82, 2.24) is 19.4 Å². The van der Waals surface area contributed by atoms with E-state index in [9.17, 15) is 18.0 Å². The van der Waals surface area contributed by atoms with Gasteiger partial charge in [0.05, 0.1) is 57.2 Å². The van der Waals surface area contributed by atoms with E-state index in [1.165, 1.54) is 12.1 Å². The Bertz CT molecular complexity index is 2260. The van der Waals surface area contributed by atoms with Crippen molar-refractivity contribution in [3.05, 3.63) is 76.1 Å². The first-order valence-electron chi connectivity index (χ1n) is 18.0. The predicted octanol–water partition coefficient (Wildman–Crippen LogP) is 9.31. The maximum absolute atomic E-state index is 16.4. The molecule has 0 spiro atoms. The molecule has 0 aliphatic carbocycles. The number of amides is 1. The van der Waals surface area contributed by atoms with Gasteiger partial charge in [-0.3, -0.25) is 9.47 Å². The van der Waals surface area contributed by atoms with Crippen molar-refractivity contribution >= 4 is 40.9 Å². The highest BCUT2D eigenvalue weighted by Crippen LogP contribution is 2.47. The Hall–Kier alpha value is -4.34. The zero-order chi connectivity index (χ0) is 38.5. The lowest BCUT2D eigenvalue weighted by Crippen LogP contribution is -2.41. The van der Waals surface area contributed by atoms with Gasteiger partial charge in [0.2, 0.25) is 6.23 Å². The largest absolute Gasteiger partial charge is 0.495 e. The van der Waals surface area contributed by atoms with Gasteiger partial charge in [-0.1, -0.05) is 6.07 Å². The lowest BCUT2D eigenvalue weighted by molar-refractivity contribution is -0.126. The van der Waals surface area contributed by atoms with Gasteiger partial charge in [-0.25, -0.2) is 14.2 Å². The predicted molar refractivity (Wildman–Crippen MR) is 198 cm³/mol. The highest BCUT2D eigenvalue weighted by Gasteiger charge is 2.52. The molecule has 284 valence electrons. The summed E-state index contributed by atoms with van der Waals surface area (Å²) in [6.07, 6.45) is -3.40. The number of likely N-dealkylation sites (tertiary alicyclic amines) is 1. The lowest BCUT2D eigenvalue weighted by Gasteiger charge is -2.32. The molecule has 0 saturated carbocycles. The Labute approximate surface area is 314 Å². The fourth-order valence-electron chi connectivity index (χ4n) is 7.33. The standard InChI is InChI=1S/C39H41BF4N4O5S/c1-36(2,3)51-35(49)47-14-8-9-28(47)33-45-20-26(46-33)21-10-12-27-22(15-21)16-29-32-25(41)17-23(40-52-37(4,5)38(6,7)53-40)18-30(32)50-34(48(27)29)31-13-11-24(54-31)19-39(42,43)44/h10-13,15-18,20,28,34H,8-9,14,19H2,1-7H3,(H,45,46). The van der Waals surface area contributed by atoms with Crippen LogP contribution in [0.1, 0.15) is 89.2 Å². The molecular weight excluding hydrogens is 723 g/mol. The average Bonchev–Trinajstić information content (AvgIpc) is 3.88. The van der Waals surface area contributed by atoms with Crippen molar-refractivity contribution in [2.45, 2.75) is 103 Å². The molecule has 2 atom stereocenters. The second kappa shape index (κ2) is 12.6. The number of thiophene rings is 1. The number of hydrogen-bond donors (Lipinski definition) is 1. The summed E-state index contributed by atoms with van der Waals surface area (Å²) in [5.74, 6) is 0.336. The van der Waals surface area contributed by atoms with Crippen LogP contribution in [0, 0.1) is 5.82 Å². The van der Waals surface area contributed by atoms with E-state index in [4.69, 9.17) is 18.8 Å². The summed E-state index contributed by atoms with van der Waals surface area (Å²) in [5, 5.41) is 0.762. The Morgan fingerprint density at radius 3 is 2.50 bits per heavy atom. The van der Waals surface area contributed by atoms with Gasteiger partial charge in [-0.05, 0) is 109 Å². The van der Waals surface area contributed by atoms with Crippen LogP contribution in [-0.4, -0.2) is 62.2 Å². The molecule has 6 heterocycles. The SMILES string of the molecule is CC(C)(C)OC(=O)N1CCCC1c1ncc(-c2ccc3c(c2)cc2n3C(c3ccc(CC(F)(F)F)s3)Oc3cc(B4OC(C)(C)C(C)(C)O4)cc(F)c3-2)[nH]1. The number of carbonyl (C=O) groups is 1. The molecule has 3 aliphatic heterocycles. The van der Waals surface area contributed by atoms with Gasteiger partial charge in [0.1, 0.15) is 23.0 Å². The highest BCUT2D eigenvalue weighted by atomic mass is 32.1. The third-order valence-corrected chi connectivity index (χ3v) is 11.7. The van der Waals surface area contributed by atoms with Crippen LogP contribution in [0.2, 0.25) is 0 Å². The van der Waals surface area contributed by atoms with Crippen LogP contribution in [0.5, 0.6) is 5.75 Å². The maximum Gasteiger partial charge on any atom is 0.495 e. The molecule has 9 nitrogen and oxygen atoms in total. The molecule has 1 N–H and O–H groups in total. The van der Waals surface area contributed by atoms with Crippen LogP contribution in [0.4, 0.5) is 22.4 Å². The maximum atomic E-state index is 16.4. The molecule has 15 heteroatoms. The van der Waals surface area contributed by atoms with E-state index in [1.54, 1.807) is 23.2 Å². The minimum Gasteiger partial charge on any atom is -0.464 e. The number of ether oxygens (including phenoxy) is 2. The molecule has 2 unspecified atom stereocenters. The van der Waals surface area contributed by atoms with Crippen molar-refractivity contribution in [1.29, 1.82) is 0 Å². The zero-order valence-electron chi connectivity index (χ0n) is 31.1. The van der Waals surface area contributed by atoms with E-state index in [-0.39, 0.29) is 28.3 Å². The molecule has 3 aliphatic rings. The number of nitrogens with one attached hydrogen (secondary N) is 1. The Kier molecular flexibility index (Phi) is 8.55. The second-order valence-electron chi connectivity index (χ2n) is 16.2. The monoisotopic (exact) mass is 764 g/mol. The molecule has 2 fully saturated rings. The van der Waals surface area contributed by atoms with Crippen molar-refractivity contribution in [3.63, 3.8) is 0 Å². The van der Waals surface area contributed by atoms with Gasteiger partial charge < -0.3 is 23.8 Å². The van der Waals surface area contributed by atoms with Gasteiger partial charge >= 0.3 is 19.4 Å². The molecule has 2 saturated heterocycles. The first-order valence-corrected chi connectivity index (χ1v) is 18.8. The van der Waals surface area contributed by atoms with E-state index < -0.39 is 48.6 Å². The summed E-state index contributed by atoms with van der Waals surface area (Å²) >= 11 is 1.01. The summed E-state index contributed by atoms with van der Waals surface area (Å²) < 4.78 is 83.0. The van der Waals surface area contributed by atoms with Crippen molar-refractivity contribution < 1.29 is 41.1 Å². The number of benzene rings is 2. The van der Waals surface area contributed by atoms with Crippen LogP contribution >= 0.6 is 11.3 Å². The highest BCUT2D eigenvalue weighted by molar-refractivity contribution is 7.12. The van der Waals surface area contributed by atoms with Crippen LogP contribution in [0.15, 0.2) is 54.7 Å². The van der Waals surface area contributed by atoms with E-state index in [0.29, 0.717) is 33.9 Å². The summed E-state index contributed by atoms with van der Waals surface area (Å²) in [7, 11) is -0.855. The van der Waals surface area contributed by atoms with Gasteiger partial charge in [-0.15, -0.1) is 11.3 Å². The molecule has 0 bridgehead atoms. The Balaban J connectivity index is 1.18. The number of nitrogens with zero attached hydrogens (tertiary/aromatic N) is 3. The van der Waals surface area contributed by atoms with Gasteiger partial charge in [-0.2, -0.15) is 13.2 Å². The van der Waals surface area contributed by atoms with Gasteiger partial charge in [0, 0.05) is 22.4 Å². The first kappa shape index (κ1) is 36.6. The average molecular weight is 765 g/mol. The summed E-state index contributed by atoms with van der Waals surface area (Å²) in [6.45, 7) is 13.7. The van der Waals surface area contributed by atoms with Gasteiger partial charge in [0.15, 0.2) is 0 Å². The summed E-state index contributed by atoms with van der Waals surface area (Å²) in [5.41, 5.74) is 1.48. The quantitative estimate of drug-likeness (QED) is 0.142. The Morgan fingerprint density at radius 1 is 1.06 bits per heavy atom. The number of halogens is 4. The van der Waals surface area contributed by atoms with E-state index in [2.05, 4.69) is 9.97 Å². The number of alkyl halides is 3. The number of imidazole rings is 1. The molecular formula is C39H41BF4N4O5S. The molecule has 54 heavy (non-hydrogen) atoms. The number of hydrogen-bond acceptors (Lipinski definition) is 7. The minimum atomic E-state index is -4.37. The summed E-state index contributed by atoms with van der Waals surface area (Å²) in [4.78, 5) is 23.4. The van der Waals surface area contributed by atoms with Crippen LogP contribution in [0.25, 0.3) is 33.4 Å². The van der Waals surface area contributed by atoms with Gasteiger partial charge in [0.25, 0.3) is 0 Å². The number of H-pyrrole nitrogens is 1. The lowest BCUT2D eigenvalue weighted by atomic mass is 9.78. The van der Waals surface area contributed by atoms with E-state index >= 15 is 4.39 Å². The smallest absolute Gasteiger partial charge is 0.464 e. The number of fused-ring (bicyclic) bond motifs is 5. The van der Waals surface area contributed by atoms with Crippen molar-refractivity contribution in [2.75, 3.05) is 6.54 Å². The molecule has 2 aromatic carbocycles. The van der Waals surface area contributed by atoms with Crippen molar-refractivity contribution in [3.8, 4) is 28.3 Å². The number of rotatable bonds is 5. The zero-order valence-corrected chi connectivity index (χ0v) is 31.9. The summed E-state index contributed by atoms with van der Waals surface area (Å²) in [6, 6.07) is 13.5. The molecule has 1 amide bonds. The van der Waals surface area contributed by atoms with Crippen LogP contribution < -0.4 is 10.2 Å². The minimum absolute atomic E-state index is 0.145. The molecule has 0 radical (unpaired) electrons. The Morgan fingerprint density at radius 2 is 1.80 bits per heavy atom. The second-order valence-corrected chi connectivity index (χ2v) is 17.4. The fourth-order valence-corrected chi connectivity index (χ4v) is 8.39. The topological polar surface area (TPSA) is 90.8 Å². The molecule has 8 rings (SSSR count). The van der Waals surface area contributed by atoms with E-state index in [0.717, 1.165) is 40.8 Å². The van der Waals surface area contributed by atoms with E-state index in [1.807, 2.05) is 77.3 Å². The van der Waals surface area contributed by atoms with Crippen LogP contribution in [-0.2, 0) is 20.5 Å². The van der Waals surface area contributed by atoms with Crippen molar-refractivity contribution in [2.24, 2.45) is 0 Å². The molecule has 3 aromatic heterocycles. The number of aromatic amines is 1. The first-order chi connectivity index (χ1) is 25.3. The van der Waals surface area contributed by atoms with Crippen LogP contribution in [0.3, 0.4) is 0 Å². The molecule has 5 aromatic rings. The third-order valence-electron chi connectivity index (χ3n) is 10.6. The normalized spacial score (nSPS) is 20.6. The number of carbonyl (C=O) groups excluding carboxylic acids is 1.